The molecule has 0 aromatic carbocycles. The molecule has 190 valence electrons. The quantitative estimate of drug-likeness (QED) is 0.358. The van der Waals surface area contributed by atoms with Crippen LogP contribution < -0.4 is 0 Å². The zero-order valence-electron chi connectivity index (χ0n) is 20.6. The maximum Gasteiger partial charge on any atom is 0.331 e. The number of ether oxygens (including phenoxy) is 1. The van der Waals surface area contributed by atoms with Gasteiger partial charge in [0.1, 0.15) is 6.61 Å². The smallest absolute Gasteiger partial charge is 0.331 e. The molecule has 5 rings (SSSR count). The first kappa shape index (κ1) is 24.4. The third-order valence-electron chi connectivity index (χ3n) is 10.8. The van der Waals surface area contributed by atoms with Gasteiger partial charge in [0.2, 0.25) is 0 Å². The Morgan fingerprint density at radius 3 is 2.59 bits per heavy atom. The molecule has 4 N–H and O–H groups in total. The zero-order chi connectivity index (χ0) is 24.4. The minimum absolute atomic E-state index is 0.0195. The molecular weight excluding hydrogens is 434 g/mol. The van der Waals surface area contributed by atoms with Gasteiger partial charge < -0.3 is 25.2 Å². The fraction of sp³-hybridized carbons (Fsp3) is 0.852. The average molecular weight is 476 g/mol. The Kier molecular flexibility index (Phi) is 6.03. The van der Waals surface area contributed by atoms with Crippen molar-refractivity contribution in [3.05, 3.63) is 11.6 Å². The van der Waals surface area contributed by atoms with Crippen molar-refractivity contribution in [1.82, 2.24) is 0 Å². The molecule has 1 heterocycles. The van der Waals surface area contributed by atoms with Crippen LogP contribution in [0.25, 0.3) is 0 Å². The van der Waals surface area contributed by atoms with E-state index in [1.54, 1.807) is 6.08 Å². The van der Waals surface area contributed by atoms with Crippen molar-refractivity contribution in [1.29, 1.82) is 0 Å². The van der Waals surface area contributed by atoms with Gasteiger partial charge in [-0.2, -0.15) is 0 Å². The second-order valence-corrected chi connectivity index (χ2v) is 12.0. The summed E-state index contributed by atoms with van der Waals surface area (Å²) in [6, 6.07) is -0.203. The van der Waals surface area contributed by atoms with Gasteiger partial charge in [-0.3, -0.25) is 4.99 Å². The molecule has 7 nitrogen and oxygen atoms in total. The minimum atomic E-state index is -1.06. The molecular formula is C27H41NO6. The van der Waals surface area contributed by atoms with Gasteiger partial charge in [-0.05, 0) is 81.1 Å². The van der Waals surface area contributed by atoms with E-state index in [2.05, 4.69) is 6.92 Å². The fourth-order valence-corrected chi connectivity index (χ4v) is 8.88. The maximum absolute atomic E-state index is 12.4. The predicted octanol–water partition coefficient (Wildman–Crippen LogP) is 2.54. The Morgan fingerprint density at radius 2 is 1.91 bits per heavy atom. The van der Waals surface area contributed by atoms with Crippen LogP contribution in [0.1, 0.15) is 78.1 Å². The molecule has 4 fully saturated rings. The number of carbonyl (C=O) groups is 1. The number of rotatable bonds is 5. The van der Waals surface area contributed by atoms with E-state index in [4.69, 9.17) is 9.73 Å². The number of hydrogen-bond acceptors (Lipinski definition) is 7. The van der Waals surface area contributed by atoms with E-state index in [-0.39, 0.29) is 41.8 Å². The van der Waals surface area contributed by atoms with E-state index in [1.165, 1.54) is 0 Å². The van der Waals surface area contributed by atoms with Crippen LogP contribution in [0.3, 0.4) is 0 Å². The Bertz CT molecular complexity index is 884. The molecule has 4 aliphatic carbocycles. The molecule has 0 amide bonds. The van der Waals surface area contributed by atoms with Crippen molar-refractivity contribution in [2.24, 2.45) is 33.6 Å². The lowest BCUT2D eigenvalue weighted by Gasteiger charge is -2.65. The lowest BCUT2D eigenvalue weighted by Crippen LogP contribution is -2.68. The highest BCUT2D eigenvalue weighted by Crippen LogP contribution is 2.70. The fourth-order valence-electron chi connectivity index (χ4n) is 8.88. The second-order valence-electron chi connectivity index (χ2n) is 12.0. The molecule has 0 aromatic rings. The van der Waals surface area contributed by atoms with Crippen molar-refractivity contribution >= 4 is 12.2 Å². The summed E-state index contributed by atoms with van der Waals surface area (Å²) in [6.07, 6.45) is 9.79. The SMILES string of the molecule is CC[C@H](CO)N=C[C@]12CC[C@H](O)C[C@]1(O)CC[C@@H]1[C@@H]2CC[C@]2(C)[C@@H](C3=CC(=O)OC3)CC[C@@]12O. The van der Waals surface area contributed by atoms with Gasteiger partial charge in [0, 0.05) is 29.5 Å². The normalized spacial score (nSPS) is 49.2. The van der Waals surface area contributed by atoms with Crippen LogP contribution in [0.5, 0.6) is 0 Å². The van der Waals surface area contributed by atoms with E-state index in [1.807, 2.05) is 13.1 Å². The molecule has 0 saturated heterocycles. The average Bonchev–Trinajstić information content (AvgIpc) is 3.34. The third-order valence-corrected chi connectivity index (χ3v) is 10.8. The molecule has 0 unspecified atom stereocenters. The highest BCUT2D eigenvalue weighted by molar-refractivity contribution is 5.85. The van der Waals surface area contributed by atoms with Crippen molar-refractivity contribution in [2.45, 2.75) is 101 Å². The molecule has 1 aliphatic heterocycles. The van der Waals surface area contributed by atoms with Crippen molar-refractivity contribution in [3.8, 4) is 0 Å². The van der Waals surface area contributed by atoms with Gasteiger partial charge in [-0.1, -0.05) is 13.8 Å². The van der Waals surface area contributed by atoms with Crippen LogP contribution in [-0.2, 0) is 9.53 Å². The number of cyclic esters (lactones) is 1. The summed E-state index contributed by atoms with van der Waals surface area (Å²) < 4.78 is 5.22. The van der Waals surface area contributed by atoms with Crippen molar-refractivity contribution in [2.75, 3.05) is 13.2 Å². The number of aliphatic imine (C=N–C) groups is 1. The van der Waals surface area contributed by atoms with Gasteiger partial charge in [0.15, 0.2) is 0 Å². The number of hydrogen-bond donors (Lipinski definition) is 4. The van der Waals surface area contributed by atoms with Crippen LogP contribution in [0.4, 0.5) is 0 Å². The minimum Gasteiger partial charge on any atom is -0.458 e. The Labute approximate surface area is 202 Å². The number of aliphatic hydroxyl groups is 4. The molecule has 0 bridgehead atoms. The number of nitrogens with zero attached hydrogens (tertiary/aromatic N) is 1. The summed E-state index contributed by atoms with van der Waals surface area (Å²) >= 11 is 0. The van der Waals surface area contributed by atoms with Crippen LogP contribution in [-0.4, -0.2) is 69.2 Å². The van der Waals surface area contributed by atoms with E-state index in [0.717, 1.165) is 31.3 Å². The third kappa shape index (κ3) is 3.30. The molecule has 4 saturated carbocycles. The summed E-state index contributed by atoms with van der Waals surface area (Å²) in [5, 5.41) is 44.6. The first-order valence-corrected chi connectivity index (χ1v) is 13.3. The number of fused-ring (bicyclic) bond motifs is 5. The Balaban J connectivity index is 1.53. The summed E-state index contributed by atoms with van der Waals surface area (Å²) in [7, 11) is 0. The summed E-state index contributed by atoms with van der Waals surface area (Å²) in [5.41, 5.74) is -1.88. The van der Waals surface area contributed by atoms with Gasteiger partial charge in [-0.25, -0.2) is 4.79 Å². The maximum atomic E-state index is 12.4. The Hall–Kier alpha value is -1.28. The molecule has 0 spiro atoms. The monoisotopic (exact) mass is 475 g/mol. The molecule has 9 atom stereocenters. The molecule has 5 aliphatic rings. The molecule has 0 radical (unpaired) electrons. The van der Waals surface area contributed by atoms with Gasteiger partial charge in [0.05, 0.1) is 30.0 Å². The van der Waals surface area contributed by atoms with E-state index >= 15 is 0 Å². The molecule has 0 aromatic heterocycles. The molecule has 7 heteroatoms. The molecule has 34 heavy (non-hydrogen) atoms. The standard InChI is InChI=1S/C27H41NO6/c1-3-18(14-29)28-16-25-9-4-19(30)13-26(25,32)10-6-22-21(25)5-8-24(2)20(7-11-27(22,24)33)17-12-23(31)34-15-17/h12,16,18-22,29-30,32-33H,3-11,13-15H2,1-2H3/t18-,19+,20-,21+,22-,24-,25+,26-,27-/m1/s1. The van der Waals surface area contributed by atoms with Gasteiger partial charge >= 0.3 is 5.97 Å². The largest absolute Gasteiger partial charge is 0.458 e. The lowest BCUT2D eigenvalue weighted by atomic mass is 9.41. The highest BCUT2D eigenvalue weighted by Gasteiger charge is 2.71. The van der Waals surface area contributed by atoms with Crippen LogP contribution in [0, 0.1) is 28.6 Å². The van der Waals surface area contributed by atoms with Crippen LogP contribution >= 0.6 is 0 Å². The first-order chi connectivity index (χ1) is 16.1. The van der Waals surface area contributed by atoms with Crippen molar-refractivity contribution < 1.29 is 30.0 Å². The summed E-state index contributed by atoms with van der Waals surface area (Å²) in [6.45, 7) is 4.49. The van der Waals surface area contributed by atoms with E-state index < -0.39 is 22.7 Å². The van der Waals surface area contributed by atoms with Crippen LogP contribution in [0.15, 0.2) is 16.6 Å². The second kappa shape index (κ2) is 8.39. The first-order valence-electron chi connectivity index (χ1n) is 13.3. The number of carbonyl (C=O) groups excluding carboxylic acids is 1. The van der Waals surface area contributed by atoms with Crippen LogP contribution in [0.2, 0.25) is 0 Å². The lowest BCUT2D eigenvalue weighted by molar-refractivity contribution is -0.237. The summed E-state index contributed by atoms with van der Waals surface area (Å²) in [4.78, 5) is 16.5. The van der Waals surface area contributed by atoms with E-state index in [9.17, 15) is 25.2 Å². The Morgan fingerprint density at radius 1 is 1.15 bits per heavy atom. The predicted molar refractivity (Wildman–Crippen MR) is 127 cm³/mol. The van der Waals surface area contributed by atoms with E-state index in [0.29, 0.717) is 45.1 Å². The topological polar surface area (TPSA) is 120 Å². The van der Waals surface area contributed by atoms with Crippen molar-refractivity contribution in [3.63, 3.8) is 0 Å². The summed E-state index contributed by atoms with van der Waals surface area (Å²) in [5.74, 6) is -0.0740. The van der Waals surface area contributed by atoms with Gasteiger partial charge in [0.25, 0.3) is 0 Å². The number of esters is 1. The number of aliphatic hydroxyl groups excluding tert-OH is 2. The highest BCUT2D eigenvalue weighted by atomic mass is 16.5. The zero-order valence-corrected chi connectivity index (χ0v) is 20.6. The van der Waals surface area contributed by atoms with Gasteiger partial charge in [-0.15, -0.1) is 0 Å².